The second-order valence-electron chi connectivity index (χ2n) is 3.44. The number of nitrogens with zero attached hydrogens (tertiary/aromatic N) is 2. The maximum Gasteiger partial charge on any atom is 0.356 e. The van der Waals surface area contributed by atoms with Gasteiger partial charge in [-0.05, 0) is 28.9 Å². The second-order valence-corrected chi connectivity index (χ2v) is 4.59. The molecule has 4 nitrogen and oxygen atoms in total. The first kappa shape index (κ1) is 12.4. The van der Waals surface area contributed by atoms with Crippen LogP contribution in [-0.2, 0) is 11.8 Å². The normalized spacial score (nSPS) is 10.8. The summed E-state index contributed by atoms with van der Waals surface area (Å²) in [6.07, 6.45) is 1.60. The molecule has 0 spiro atoms. The Morgan fingerprint density at radius 2 is 2.35 bits per heavy atom. The van der Waals surface area contributed by atoms with Crippen LogP contribution in [-0.4, -0.2) is 22.1 Å². The Hall–Kier alpha value is -1.07. The van der Waals surface area contributed by atoms with E-state index in [9.17, 15) is 4.79 Å². The summed E-state index contributed by atoms with van der Waals surface area (Å²) in [6, 6.07) is 1.80. The van der Waals surface area contributed by atoms with Gasteiger partial charge in [-0.3, -0.25) is 0 Å². The molecule has 0 aliphatic carbocycles. The molecule has 0 saturated carbocycles. The lowest BCUT2D eigenvalue weighted by atomic mass is 10.3. The molecule has 2 heterocycles. The number of esters is 1. The van der Waals surface area contributed by atoms with Crippen molar-refractivity contribution in [2.75, 3.05) is 6.61 Å². The number of carbonyl (C=O) groups excluding carboxylic acids is 1. The van der Waals surface area contributed by atoms with Gasteiger partial charge in [0.1, 0.15) is 5.69 Å². The van der Waals surface area contributed by atoms with Gasteiger partial charge in [0, 0.05) is 18.6 Å². The summed E-state index contributed by atoms with van der Waals surface area (Å²) in [5, 5.41) is 1.21. The van der Waals surface area contributed by atoms with Crippen LogP contribution < -0.4 is 0 Å². The van der Waals surface area contributed by atoms with Crippen LogP contribution >= 0.6 is 27.5 Å². The number of pyridine rings is 1. The second kappa shape index (κ2) is 4.66. The molecule has 6 heteroatoms. The molecule has 0 aromatic carbocycles. The van der Waals surface area contributed by atoms with Gasteiger partial charge in [-0.25, -0.2) is 9.78 Å². The summed E-state index contributed by atoms with van der Waals surface area (Å²) in [7, 11) is 1.76. The number of halogens is 2. The van der Waals surface area contributed by atoms with Crippen LogP contribution in [0.5, 0.6) is 0 Å². The Balaban J connectivity index is 2.73. The average Bonchev–Trinajstić information content (AvgIpc) is 2.53. The topological polar surface area (TPSA) is 44.1 Å². The zero-order chi connectivity index (χ0) is 12.6. The number of hydrogen-bond acceptors (Lipinski definition) is 3. The van der Waals surface area contributed by atoms with E-state index in [1.165, 1.54) is 0 Å². The molecule has 2 rings (SSSR count). The van der Waals surface area contributed by atoms with Crippen LogP contribution in [0.2, 0.25) is 5.15 Å². The first-order valence-electron chi connectivity index (χ1n) is 5.03. The van der Waals surface area contributed by atoms with Gasteiger partial charge in [-0.2, -0.15) is 0 Å². The lowest BCUT2D eigenvalue weighted by Gasteiger charge is -2.04. The van der Waals surface area contributed by atoms with E-state index in [-0.39, 0.29) is 5.97 Å². The molecule has 0 aliphatic heterocycles. The summed E-state index contributed by atoms with van der Waals surface area (Å²) in [5.41, 5.74) is 1.15. The van der Waals surface area contributed by atoms with Crippen molar-refractivity contribution < 1.29 is 9.53 Å². The highest BCUT2D eigenvalue weighted by Crippen LogP contribution is 2.33. The lowest BCUT2D eigenvalue weighted by molar-refractivity contribution is 0.0514. The van der Waals surface area contributed by atoms with Crippen LogP contribution in [0.15, 0.2) is 16.7 Å². The third-order valence-electron chi connectivity index (χ3n) is 2.46. The Kier molecular flexibility index (Phi) is 3.40. The summed E-state index contributed by atoms with van der Waals surface area (Å²) < 4.78 is 7.37. The average molecular weight is 318 g/mol. The van der Waals surface area contributed by atoms with Gasteiger partial charge in [0.25, 0.3) is 0 Å². The predicted molar refractivity (Wildman–Crippen MR) is 69.4 cm³/mol. The van der Waals surface area contributed by atoms with Gasteiger partial charge < -0.3 is 9.30 Å². The van der Waals surface area contributed by atoms with Gasteiger partial charge in [0.05, 0.1) is 16.6 Å². The standard InChI is InChI=1S/C11H10BrClN2O2/c1-3-17-11(16)9-7(12)6-4-5-14-10(13)8(6)15(9)2/h4-5H,3H2,1-2H3. The summed E-state index contributed by atoms with van der Waals surface area (Å²) in [5.74, 6) is -0.380. The van der Waals surface area contributed by atoms with Gasteiger partial charge >= 0.3 is 5.97 Å². The molecule has 0 N–H and O–H groups in total. The molecule has 0 saturated heterocycles. The van der Waals surface area contributed by atoms with E-state index in [0.717, 1.165) is 5.39 Å². The molecule has 0 aliphatic rings. The maximum atomic E-state index is 11.8. The highest BCUT2D eigenvalue weighted by molar-refractivity contribution is 9.10. The molecule has 0 unspecified atom stereocenters. The Bertz CT molecular complexity index is 595. The quantitative estimate of drug-likeness (QED) is 0.631. The van der Waals surface area contributed by atoms with Crippen LogP contribution in [0.4, 0.5) is 0 Å². The van der Waals surface area contributed by atoms with Crippen molar-refractivity contribution in [2.45, 2.75) is 6.92 Å². The monoisotopic (exact) mass is 316 g/mol. The van der Waals surface area contributed by atoms with E-state index in [2.05, 4.69) is 20.9 Å². The SMILES string of the molecule is CCOC(=O)c1c(Br)c2ccnc(Cl)c2n1C. The number of aromatic nitrogens is 2. The highest BCUT2D eigenvalue weighted by Gasteiger charge is 2.22. The van der Waals surface area contributed by atoms with Gasteiger partial charge in [0.15, 0.2) is 5.15 Å². The number of aryl methyl sites for hydroxylation is 1. The predicted octanol–water partition coefficient (Wildman–Crippen LogP) is 3.17. The van der Waals surface area contributed by atoms with E-state index in [4.69, 9.17) is 16.3 Å². The largest absolute Gasteiger partial charge is 0.461 e. The maximum absolute atomic E-state index is 11.8. The van der Waals surface area contributed by atoms with E-state index < -0.39 is 0 Å². The number of hydrogen-bond donors (Lipinski definition) is 0. The number of rotatable bonds is 2. The fraction of sp³-hybridized carbons (Fsp3) is 0.273. The Labute approximate surface area is 112 Å². The molecule has 2 aromatic rings. The first-order valence-corrected chi connectivity index (χ1v) is 6.20. The van der Waals surface area contributed by atoms with Crippen molar-refractivity contribution in [1.82, 2.24) is 9.55 Å². The number of fused-ring (bicyclic) bond motifs is 1. The van der Waals surface area contributed by atoms with Gasteiger partial charge in [0.2, 0.25) is 0 Å². The smallest absolute Gasteiger partial charge is 0.356 e. The molecule has 0 fully saturated rings. The van der Waals surface area contributed by atoms with Crippen molar-refractivity contribution in [3.8, 4) is 0 Å². The van der Waals surface area contributed by atoms with Crippen molar-refractivity contribution >= 4 is 44.4 Å². The van der Waals surface area contributed by atoms with Crippen LogP contribution in [0.3, 0.4) is 0 Å². The summed E-state index contributed by atoms with van der Waals surface area (Å²) in [6.45, 7) is 2.10. The molecule has 0 radical (unpaired) electrons. The van der Waals surface area contributed by atoms with Crippen LogP contribution in [0.25, 0.3) is 10.9 Å². The van der Waals surface area contributed by atoms with Gasteiger partial charge in [-0.15, -0.1) is 0 Å². The van der Waals surface area contributed by atoms with Crippen molar-refractivity contribution in [3.63, 3.8) is 0 Å². The van der Waals surface area contributed by atoms with Crippen LogP contribution in [0, 0.1) is 0 Å². The zero-order valence-corrected chi connectivity index (χ0v) is 11.7. The summed E-state index contributed by atoms with van der Waals surface area (Å²) in [4.78, 5) is 15.8. The zero-order valence-electron chi connectivity index (χ0n) is 9.33. The van der Waals surface area contributed by atoms with Crippen molar-refractivity contribution in [2.24, 2.45) is 7.05 Å². The minimum absolute atomic E-state index is 0.332. The third-order valence-corrected chi connectivity index (χ3v) is 3.54. The molecular formula is C11H10BrClN2O2. The minimum atomic E-state index is -0.380. The van der Waals surface area contributed by atoms with Crippen molar-refractivity contribution in [3.05, 3.63) is 27.6 Å². The fourth-order valence-corrected chi connectivity index (χ4v) is 2.77. The molecule has 90 valence electrons. The third kappa shape index (κ3) is 1.93. The Morgan fingerprint density at radius 1 is 1.65 bits per heavy atom. The Morgan fingerprint density at radius 3 is 2.94 bits per heavy atom. The lowest BCUT2D eigenvalue weighted by Crippen LogP contribution is -2.10. The van der Waals surface area contributed by atoms with E-state index in [0.29, 0.717) is 27.4 Å². The number of ether oxygens (including phenoxy) is 1. The van der Waals surface area contributed by atoms with E-state index in [1.54, 1.807) is 30.8 Å². The van der Waals surface area contributed by atoms with E-state index in [1.807, 2.05) is 0 Å². The molecule has 2 aromatic heterocycles. The first-order chi connectivity index (χ1) is 8.07. The molecule has 0 bridgehead atoms. The fourth-order valence-electron chi connectivity index (χ4n) is 1.74. The van der Waals surface area contributed by atoms with E-state index >= 15 is 0 Å². The summed E-state index contributed by atoms with van der Waals surface area (Å²) >= 11 is 9.42. The van der Waals surface area contributed by atoms with Crippen molar-refractivity contribution in [1.29, 1.82) is 0 Å². The molecule has 0 amide bonds. The molecule has 0 atom stereocenters. The van der Waals surface area contributed by atoms with Gasteiger partial charge in [-0.1, -0.05) is 11.6 Å². The van der Waals surface area contributed by atoms with Crippen LogP contribution in [0.1, 0.15) is 17.4 Å². The highest BCUT2D eigenvalue weighted by atomic mass is 79.9. The molecule has 17 heavy (non-hydrogen) atoms. The number of carbonyl (C=O) groups is 1. The molecular weight excluding hydrogens is 307 g/mol. The minimum Gasteiger partial charge on any atom is -0.461 e.